The van der Waals surface area contributed by atoms with E-state index in [1.54, 1.807) is 0 Å². The van der Waals surface area contributed by atoms with E-state index in [1.165, 1.54) is 4.90 Å². The van der Waals surface area contributed by atoms with Crippen LogP contribution < -0.4 is 26.8 Å². The van der Waals surface area contributed by atoms with Crippen LogP contribution in [0.25, 0.3) is 0 Å². The lowest BCUT2D eigenvalue weighted by atomic mass is 10.1. The summed E-state index contributed by atoms with van der Waals surface area (Å²) < 4.78 is 5.65. The van der Waals surface area contributed by atoms with Crippen LogP contribution in [0.15, 0.2) is 35.1 Å². The monoisotopic (exact) mass is 404 g/mol. The molecule has 0 spiro atoms. The zero-order chi connectivity index (χ0) is 20.5. The summed E-state index contributed by atoms with van der Waals surface area (Å²) in [7, 11) is 0. The van der Waals surface area contributed by atoms with Crippen molar-refractivity contribution in [1.29, 1.82) is 0 Å². The maximum atomic E-state index is 12.3. The van der Waals surface area contributed by atoms with E-state index in [9.17, 15) is 20.1 Å². The molecule has 2 aromatic rings. The second kappa shape index (κ2) is 7.97. The molecule has 5 atom stereocenters. The molecule has 1 aromatic carbocycles. The van der Waals surface area contributed by atoms with Crippen molar-refractivity contribution in [3.05, 3.63) is 46.2 Å². The predicted octanol–water partition coefficient (Wildman–Crippen LogP) is -1.86. The SMILES string of the molecule is Nc1nc2c(c(=O)[nH]1)N[C@H](NCCc1ccccc1)N2[C@@H]1O[C@H](CO)[C@H](O)[C@H]1O. The average molecular weight is 404 g/mol. The van der Waals surface area contributed by atoms with Gasteiger partial charge in [-0.25, -0.2) is 0 Å². The van der Waals surface area contributed by atoms with Crippen LogP contribution in [0.2, 0.25) is 0 Å². The molecule has 4 rings (SSSR count). The summed E-state index contributed by atoms with van der Waals surface area (Å²) in [5, 5.41) is 36.3. The molecule has 0 bridgehead atoms. The zero-order valence-electron chi connectivity index (χ0n) is 15.5. The molecule has 0 unspecified atom stereocenters. The minimum atomic E-state index is -1.32. The second-order valence-corrected chi connectivity index (χ2v) is 7.02. The van der Waals surface area contributed by atoms with E-state index >= 15 is 0 Å². The Kier molecular flexibility index (Phi) is 5.39. The molecule has 1 fully saturated rings. The van der Waals surface area contributed by atoms with Crippen LogP contribution in [0.1, 0.15) is 5.56 Å². The van der Waals surface area contributed by atoms with Gasteiger partial charge in [0.15, 0.2) is 18.3 Å². The number of anilines is 3. The highest BCUT2D eigenvalue weighted by atomic mass is 16.6. The molecule has 2 aliphatic rings. The van der Waals surface area contributed by atoms with E-state index in [1.807, 2.05) is 30.3 Å². The number of nitrogen functional groups attached to an aromatic ring is 1. The van der Waals surface area contributed by atoms with Crippen molar-refractivity contribution in [3.63, 3.8) is 0 Å². The Balaban J connectivity index is 1.58. The quantitative estimate of drug-likeness (QED) is 0.290. The molecule has 3 heterocycles. The molecule has 11 heteroatoms. The first-order valence-corrected chi connectivity index (χ1v) is 9.34. The van der Waals surface area contributed by atoms with Crippen molar-refractivity contribution >= 4 is 17.5 Å². The molecule has 29 heavy (non-hydrogen) atoms. The average Bonchev–Trinajstić information content (AvgIpc) is 3.20. The predicted molar refractivity (Wildman–Crippen MR) is 105 cm³/mol. The van der Waals surface area contributed by atoms with E-state index in [0.717, 1.165) is 12.0 Å². The smallest absolute Gasteiger partial charge is 0.277 e. The minimum Gasteiger partial charge on any atom is -0.394 e. The molecule has 2 aliphatic heterocycles. The van der Waals surface area contributed by atoms with Crippen molar-refractivity contribution in [2.24, 2.45) is 0 Å². The number of fused-ring (bicyclic) bond motifs is 1. The highest BCUT2D eigenvalue weighted by Crippen LogP contribution is 2.35. The number of aromatic nitrogens is 2. The maximum Gasteiger partial charge on any atom is 0.277 e. The van der Waals surface area contributed by atoms with Gasteiger partial charge in [-0.3, -0.25) is 20.0 Å². The molecular formula is C18H24N6O5. The molecule has 1 aromatic heterocycles. The third-order valence-electron chi connectivity index (χ3n) is 5.11. The molecule has 0 radical (unpaired) electrons. The lowest BCUT2D eigenvalue weighted by Crippen LogP contribution is -2.56. The van der Waals surface area contributed by atoms with E-state index in [2.05, 4.69) is 20.6 Å². The number of aromatic amines is 1. The Hall–Kier alpha value is -2.70. The van der Waals surface area contributed by atoms with Crippen molar-refractivity contribution in [3.8, 4) is 0 Å². The lowest BCUT2D eigenvalue weighted by molar-refractivity contribution is -0.0245. The molecule has 0 amide bonds. The normalized spacial score (nSPS) is 28.4. The Bertz CT molecular complexity index is 909. The summed E-state index contributed by atoms with van der Waals surface area (Å²) in [6.07, 6.45) is -4.51. The number of nitrogens with one attached hydrogen (secondary N) is 3. The van der Waals surface area contributed by atoms with Gasteiger partial charge in [-0.1, -0.05) is 30.3 Å². The van der Waals surface area contributed by atoms with E-state index in [0.29, 0.717) is 6.54 Å². The fourth-order valence-electron chi connectivity index (χ4n) is 3.65. The first-order chi connectivity index (χ1) is 14.0. The number of aliphatic hydroxyl groups excluding tert-OH is 3. The Labute approximate surface area is 166 Å². The summed E-state index contributed by atoms with van der Waals surface area (Å²) in [6, 6.07) is 9.87. The molecular weight excluding hydrogens is 380 g/mol. The number of nitrogens with two attached hydrogens (primary N) is 1. The fourth-order valence-corrected chi connectivity index (χ4v) is 3.65. The van der Waals surface area contributed by atoms with Gasteiger partial charge in [0.25, 0.3) is 5.56 Å². The summed E-state index contributed by atoms with van der Waals surface area (Å²) in [4.78, 5) is 20.4. The Morgan fingerprint density at radius 2 is 2.00 bits per heavy atom. The first-order valence-electron chi connectivity index (χ1n) is 9.34. The summed E-state index contributed by atoms with van der Waals surface area (Å²) in [5.74, 6) is 0.107. The minimum absolute atomic E-state index is 0.0859. The summed E-state index contributed by atoms with van der Waals surface area (Å²) >= 11 is 0. The number of benzene rings is 1. The van der Waals surface area contributed by atoms with Crippen molar-refractivity contribution in [1.82, 2.24) is 15.3 Å². The van der Waals surface area contributed by atoms with Crippen molar-refractivity contribution < 1.29 is 20.1 Å². The van der Waals surface area contributed by atoms with Gasteiger partial charge < -0.3 is 31.1 Å². The van der Waals surface area contributed by atoms with Crippen LogP contribution in [0, 0.1) is 0 Å². The standard InChI is InChI=1S/C18H24N6O5/c19-17-22-14-11(15(28)23-17)21-18(20-7-6-9-4-2-1-3-5-9)24(14)16-13(27)12(26)10(8-25)29-16/h1-5,10,12-13,16,18,20-21,25-27H,6-8H2,(H3,19,22,23,28)/t10-,12+,13-,16-,18+/m1/s1. The van der Waals surface area contributed by atoms with Crippen LogP contribution in [-0.2, 0) is 11.2 Å². The molecule has 0 saturated carbocycles. The first kappa shape index (κ1) is 19.6. The van der Waals surface area contributed by atoms with Crippen LogP contribution >= 0.6 is 0 Å². The zero-order valence-corrected chi connectivity index (χ0v) is 15.5. The number of H-pyrrole nitrogens is 1. The van der Waals surface area contributed by atoms with Gasteiger partial charge in [-0.05, 0) is 12.0 Å². The highest BCUT2D eigenvalue weighted by molar-refractivity contribution is 5.72. The number of hydrogen-bond donors (Lipinski definition) is 7. The van der Waals surface area contributed by atoms with Gasteiger partial charge in [0.1, 0.15) is 24.0 Å². The number of nitrogens with zero attached hydrogens (tertiary/aromatic N) is 2. The van der Waals surface area contributed by atoms with Gasteiger partial charge in [-0.15, -0.1) is 0 Å². The van der Waals surface area contributed by atoms with Crippen LogP contribution in [0.4, 0.5) is 17.5 Å². The molecule has 1 saturated heterocycles. The molecule has 8 N–H and O–H groups in total. The fraction of sp³-hybridized carbons (Fsp3) is 0.444. The van der Waals surface area contributed by atoms with Gasteiger partial charge in [0.2, 0.25) is 5.95 Å². The van der Waals surface area contributed by atoms with Crippen LogP contribution in [-0.4, -0.2) is 69.3 Å². The molecule has 0 aliphatic carbocycles. The van der Waals surface area contributed by atoms with Crippen LogP contribution in [0.3, 0.4) is 0 Å². The van der Waals surface area contributed by atoms with E-state index < -0.39 is 43.0 Å². The number of aliphatic hydroxyl groups is 3. The van der Waals surface area contributed by atoms with Gasteiger partial charge in [-0.2, -0.15) is 4.98 Å². The third kappa shape index (κ3) is 3.66. The molecule has 156 valence electrons. The van der Waals surface area contributed by atoms with Crippen molar-refractivity contribution in [2.75, 3.05) is 29.1 Å². The Morgan fingerprint density at radius 3 is 2.69 bits per heavy atom. The number of rotatable bonds is 6. The molecule has 11 nitrogen and oxygen atoms in total. The highest BCUT2D eigenvalue weighted by Gasteiger charge is 2.50. The van der Waals surface area contributed by atoms with Gasteiger partial charge >= 0.3 is 0 Å². The van der Waals surface area contributed by atoms with Crippen LogP contribution in [0.5, 0.6) is 0 Å². The van der Waals surface area contributed by atoms with Gasteiger partial charge in [0.05, 0.1) is 6.61 Å². The topological polar surface area (TPSA) is 169 Å². The lowest BCUT2D eigenvalue weighted by Gasteiger charge is -2.33. The van der Waals surface area contributed by atoms with Crippen molar-refractivity contribution in [2.45, 2.75) is 37.3 Å². The number of ether oxygens (including phenoxy) is 1. The summed E-state index contributed by atoms with van der Waals surface area (Å²) in [6.45, 7) is 0.0915. The van der Waals surface area contributed by atoms with E-state index in [-0.39, 0.29) is 17.5 Å². The number of hydrogen-bond acceptors (Lipinski definition) is 10. The maximum absolute atomic E-state index is 12.3. The van der Waals surface area contributed by atoms with E-state index in [4.69, 9.17) is 10.5 Å². The second-order valence-electron chi connectivity index (χ2n) is 7.02. The Morgan fingerprint density at radius 1 is 1.24 bits per heavy atom. The summed E-state index contributed by atoms with van der Waals surface area (Å²) in [5.41, 5.74) is 6.54. The third-order valence-corrected chi connectivity index (χ3v) is 5.11. The van der Waals surface area contributed by atoms with Gasteiger partial charge in [0, 0.05) is 6.54 Å². The largest absolute Gasteiger partial charge is 0.394 e.